The van der Waals surface area contributed by atoms with Crippen molar-refractivity contribution in [2.75, 3.05) is 25.4 Å². The Hall–Kier alpha value is -3.13. The van der Waals surface area contributed by atoms with Gasteiger partial charge in [0, 0.05) is 55.5 Å². The van der Waals surface area contributed by atoms with E-state index in [2.05, 4.69) is 112 Å². The van der Waals surface area contributed by atoms with E-state index in [0.29, 0.717) is 38.4 Å². The summed E-state index contributed by atoms with van der Waals surface area (Å²) in [6, 6.07) is 16.8. The summed E-state index contributed by atoms with van der Waals surface area (Å²) in [7, 11) is 0. The zero-order valence-corrected chi connectivity index (χ0v) is 27.2. The predicted molar refractivity (Wildman–Crippen MR) is 172 cm³/mol. The molecular formula is C34H47N5O2S. The molecule has 2 heterocycles. The van der Waals surface area contributed by atoms with Crippen molar-refractivity contribution in [3.63, 3.8) is 0 Å². The van der Waals surface area contributed by atoms with E-state index in [1.54, 1.807) is 11.8 Å². The van der Waals surface area contributed by atoms with Crippen LogP contribution in [-0.2, 0) is 9.59 Å². The molecule has 2 unspecified atom stereocenters. The standard InChI is InChI=1S/C34H47N5O2S/c1-24-10-14-28(15-11-24)32-35-36-33(39(32)29-16-12-25(2)13-17-29)42-20-8-9-30(40)37-18-19-38(27(4)23-37)31(41)21-26(3)22-34(5,6)7/h10-17,26-27H,8-9,18-23H2,1-7H3. The molecule has 42 heavy (non-hydrogen) atoms. The second-order valence-corrected chi connectivity index (χ2v) is 14.2. The average molecular weight is 590 g/mol. The van der Waals surface area contributed by atoms with Crippen LogP contribution in [0.3, 0.4) is 0 Å². The number of thioether (sulfide) groups is 1. The van der Waals surface area contributed by atoms with Gasteiger partial charge in [0.25, 0.3) is 0 Å². The van der Waals surface area contributed by atoms with E-state index < -0.39 is 0 Å². The van der Waals surface area contributed by atoms with Crippen molar-refractivity contribution >= 4 is 23.6 Å². The lowest BCUT2D eigenvalue weighted by molar-refractivity contribution is -0.143. The third-order valence-corrected chi connectivity index (χ3v) is 8.80. The van der Waals surface area contributed by atoms with Crippen LogP contribution in [0.1, 0.15) is 71.4 Å². The molecule has 1 fully saturated rings. The minimum absolute atomic E-state index is 0.0414. The number of nitrogens with zero attached hydrogens (tertiary/aromatic N) is 5. The van der Waals surface area contributed by atoms with E-state index in [9.17, 15) is 9.59 Å². The molecule has 1 aliphatic rings. The van der Waals surface area contributed by atoms with Gasteiger partial charge in [-0.15, -0.1) is 10.2 Å². The minimum atomic E-state index is 0.0414. The number of amides is 2. The molecule has 2 atom stereocenters. The van der Waals surface area contributed by atoms with E-state index in [-0.39, 0.29) is 23.3 Å². The fraction of sp³-hybridized carbons (Fsp3) is 0.529. The number of rotatable bonds is 10. The van der Waals surface area contributed by atoms with E-state index >= 15 is 0 Å². The maximum absolute atomic E-state index is 13.1. The van der Waals surface area contributed by atoms with Gasteiger partial charge in [0.15, 0.2) is 11.0 Å². The summed E-state index contributed by atoms with van der Waals surface area (Å²) in [5.41, 5.74) is 4.66. The van der Waals surface area contributed by atoms with Gasteiger partial charge in [0.1, 0.15) is 0 Å². The highest BCUT2D eigenvalue weighted by atomic mass is 32.2. The van der Waals surface area contributed by atoms with Crippen LogP contribution in [0, 0.1) is 25.2 Å². The Balaban J connectivity index is 1.31. The summed E-state index contributed by atoms with van der Waals surface area (Å²) >= 11 is 1.63. The molecule has 2 aromatic carbocycles. The van der Waals surface area contributed by atoms with E-state index in [0.717, 1.165) is 40.8 Å². The lowest BCUT2D eigenvalue weighted by Gasteiger charge is -2.40. The highest BCUT2D eigenvalue weighted by molar-refractivity contribution is 7.99. The monoisotopic (exact) mass is 589 g/mol. The Labute approximate surface area is 256 Å². The van der Waals surface area contributed by atoms with Crippen molar-refractivity contribution in [2.24, 2.45) is 11.3 Å². The summed E-state index contributed by atoms with van der Waals surface area (Å²) < 4.78 is 2.11. The molecule has 226 valence electrons. The number of carbonyl (C=O) groups is 2. The molecular weight excluding hydrogens is 542 g/mol. The number of carbonyl (C=O) groups excluding carboxylic acids is 2. The summed E-state index contributed by atoms with van der Waals surface area (Å²) in [4.78, 5) is 30.0. The first kappa shape index (κ1) is 31.8. The zero-order valence-electron chi connectivity index (χ0n) is 26.4. The predicted octanol–water partition coefficient (Wildman–Crippen LogP) is 6.95. The van der Waals surface area contributed by atoms with Gasteiger partial charge in [0.05, 0.1) is 0 Å². The van der Waals surface area contributed by atoms with Gasteiger partial charge >= 0.3 is 0 Å². The third kappa shape index (κ3) is 8.46. The van der Waals surface area contributed by atoms with Gasteiger partial charge in [-0.2, -0.15) is 0 Å². The largest absolute Gasteiger partial charge is 0.339 e. The van der Waals surface area contributed by atoms with Crippen LogP contribution in [0.5, 0.6) is 0 Å². The van der Waals surface area contributed by atoms with Crippen molar-refractivity contribution in [3.8, 4) is 17.1 Å². The number of hydrogen-bond acceptors (Lipinski definition) is 5. The van der Waals surface area contributed by atoms with Crippen LogP contribution in [0.15, 0.2) is 53.7 Å². The third-order valence-electron chi connectivity index (χ3n) is 7.79. The van der Waals surface area contributed by atoms with Gasteiger partial charge in [-0.05, 0) is 57.1 Å². The number of piperazine rings is 1. The zero-order chi connectivity index (χ0) is 30.4. The molecule has 3 aromatic rings. The molecule has 4 rings (SSSR count). The van der Waals surface area contributed by atoms with Gasteiger partial charge in [-0.25, -0.2) is 0 Å². The van der Waals surface area contributed by atoms with Crippen LogP contribution < -0.4 is 0 Å². The average Bonchev–Trinajstić information content (AvgIpc) is 3.34. The van der Waals surface area contributed by atoms with Crippen molar-refractivity contribution in [2.45, 2.75) is 85.3 Å². The lowest BCUT2D eigenvalue weighted by atomic mass is 9.84. The molecule has 0 bridgehead atoms. The topological polar surface area (TPSA) is 71.3 Å². The van der Waals surface area contributed by atoms with Crippen molar-refractivity contribution < 1.29 is 9.59 Å². The maximum atomic E-state index is 13.1. The molecule has 0 spiro atoms. The molecule has 8 heteroatoms. The van der Waals surface area contributed by atoms with E-state index in [1.165, 1.54) is 11.1 Å². The first-order chi connectivity index (χ1) is 19.9. The van der Waals surface area contributed by atoms with Crippen molar-refractivity contribution in [1.82, 2.24) is 24.6 Å². The molecule has 1 saturated heterocycles. The summed E-state index contributed by atoms with van der Waals surface area (Å²) in [5, 5.41) is 9.91. The molecule has 0 radical (unpaired) electrons. The first-order valence-electron chi connectivity index (χ1n) is 15.2. The number of benzene rings is 2. The Morgan fingerprint density at radius 3 is 2.21 bits per heavy atom. The Bertz CT molecular complexity index is 1340. The van der Waals surface area contributed by atoms with Crippen LogP contribution in [0.25, 0.3) is 17.1 Å². The Kier molecular flexibility index (Phi) is 10.5. The lowest BCUT2D eigenvalue weighted by Crippen LogP contribution is -2.55. The number of hydrogen-bond donors (Lipinski definition) is 0. The fourth-order valence-corrected chi connectivity index (χ4v) is 6.70. The second-order valence-electron chi connectivity index (χ2n) is 13.1. The van der Waals surface area contributed by atoms with Crippen LogP contribution in [0.2, 0.25) is 0 Å². The maximum Gasteiger partial charge on any atom is 0.223 e. The van der Waals surface area contributed by atoms with Gasteiger partial charge < -0.3 is 9.80 Å². The van der Waals surface area contributed by atoms with Crippen LogP contribution in [-0.4, -0.2) is 67.8 Å². The molecule has 0 aliphatic carbocycles. The van der Waals surface area contributed by atoms with Gasteiger partial charge in [0.2, 0.25) is 11.8 Å². The van der Waals surface area contributed by atoms with Crippen LogP contribution >= 0.6 is 11.8 Å². The normalized spacial score (nSPS) is 16.5. The second kappa shape index (κ2) is 13.9. The van der Waals surface area contributed by atoms with Gasteiger partial charge in [-0.3, -0.25) is 14.2 Å². The SMILES string of the molecule is Cc1ccc(-c2nnc(SCCCC(=O)N3CCN(C(=O)CC(C)CC(C)(C)C)C(C)C3)n2-c2ccc(C)cc2)cc1. The molecule has 1 aromatic heterocycles. The summed E-state index contributed by atoms with van der Waals surface area (Å²) in [5.74, 6) is 2.31. The smallest absolute Gasteiger partial charge is 0.223 e. The minimum Gasteiger partial charge on any atom is -0.339 e. The summed E-state index contributed by atoms with van der Waals surface area (Å²) in [6.07, 6.45) is 2.84. The first-order valence-corrected chi connectivity index (χ1v) is 16.2. The highest BCUT2D eigenvalue weighted by Crippen LogP contribution is 2.30. The highest BCUT2D eigenvalue weighted by Gasteiger charge is 2.30. The van der Waals surface area contributed by atoms with Crippen molar-refractivity contribution in [1.29, 1.82) is 0 Å². The quantitative estimate of drug-likeness (QED) is 0.189. The number of aromatic nitrogens is 3. The number of aryl methyl sites for hydroxylation is 2. The fourth-order valence-electron chi connectivity index (χ4n) is 5.81. The van der Waals surface area contributed by atoms with Crippen LogP contribution in [0.4, 0.5) is 0 Å². The van der Waals surface area contributed by atoms with Gasteiger partial charge in [-0.1, -0.05) is 87.0 Å². The molecule has 1 aliphatic heterocycles. The molecule has 2 amide bonds. The Morgan fingerprint density at radius 2 is 1.60 bits per heavy atom. The summed E-state index contributed by atoms with van der Waals surface area (Å²) in [6.45, 7) is 16.9. The van der Waals surface area contributed by atoms with E-state index in [4.69, 9.17) is 0 Å². The van der Waals surface area contributed by atoms with Crippen molar-refractivity contribution in [3.05, 3.63) is 59.7 Å². The van der Waals surface area contributed by atoms with E-state index in [1.807, 2.05) is 9.80 Å². The molecule has 7 nitrogen and oxygen atoms in total. The molecule has 0 N–H and O–H groups in total. The Morgan fingerprint density at radius 1 is 0.952 bits per heavy atom. The molecule has 0 saturated carbocycles.